The van der Waals surface area contributed by atoms with E-state index < -0.39 is 5.97 Å². The maximum absolute atomic E-state index is 11.4. The first-order chi connectivity index (χ1) is 8.04. The molecule has 1 atom stereocenters. The fourth-order valence-electron chi connectivity index (χ4n) is 1.09. The Bertz CT molecular complexity index is 359. The van der Waals surface area contributed by atoms with Gasteiger partial charge in [0.15, 0.2) is 0 Å². The number of ether oxygens (including phenoxy) is 1. The lowest BCUT2D eigenvalue weighted by molar-refractivity contribution is -0.142. The fourth-order valence-corrected chi connectivity index (χ4v) is 1.75. The lowest BCUT2D eigenvalue weighted by Gasteiger charge is -2.11. The first kappa shape index (κ1) is 13.7. The standard InChI is InChI=1S/C10H15NO5S/c1-3-15-7(2)17-6-10(14)16-11-8(12)4-5-9(11)13/h4-5,7,12-13H,3,6H2,1-2H3/t7-/m0/s1. The zero-order chi connectivity index (χ0) is 12.8. The van der Waals surface area contributed by atoms with Gasteiger partial charge in [0.1, 0.15) is 5.44 Å². The van der Waals surface area contributed by atoms with Crippen molar-refractivity contribution in [2.75, 3.05) is 12.4 Å². The molecule has 1 rings (SSSR count). The molecule has 7 heteroatoms. The maximum Gasteiger partial charge on any atom is 0.343 e. The SMILES string of the molecule is CCO[C@H](C)SCC(=O)On1c(O)ccc1O. The van der Waals surface area contributed by atoms with Crippen LogP contribution in [0, 0.1) is 0 Å². The number of thioether (sulfide) groups is 1. The second-order valence-electron chi connectivity index (χ2n) is 3.14. The topological polar surface area (TPSA) is 80.9 Å². The van der Waals surface area contributed by atoms with Crippen LogP contribution in [0.15, 0.2) is 12.1 Å². The summed E-state index contributed by atoms with van der Waals surface area (Å²) in [5.41, 5.74) is -0.112. The Kier molecular flexibility index (Phi) is 5.17. The van der Waals surface area contributed by atoms with Crippen molar-refractivity contribution in [1.29, 1.82) is 0 Å². The summed E-state index contributed by atoms with van der Waals surface area (Å²) in [6, 6.07) is 2.44. The molecule has 0 radical (unpaired) electrons. The van der Waals surface area contributed by atoms with E-state index in [9.17, 15) is 15.0 Å². The number of hydrogen-bond acceptors (Lipinski definition) is 6. The predicted octanol–water partition coefficient (Wildman–Crippen LogP) is 0.970. The number of hydrogen-bond donors (Lipinski definition) is 2. The van der Waals surface area contributed by atoms with Crippen LogP contribution in [0.1, 0.15) is 13.8 Å². The molecule has 0 spiro atoms. The second kappa shape index (κ2) is 6.41. The van der Waals surface area contributed by atoms with Crippen LogP contribution in [0.2, 0.25) is 0 Å². The highest BCUT2D eigenvalue weighted by molar-refractivity contribution is 8.00. The Hall–Kier alpha value is -1.34. The third-order valence-electron chi connectivity index (χ3n) is 1.83. The number of aromatic nitrogens is 1. The molecule has 17 heavy (non-hydrogen) atoms. The highest BCUT2D eigenvalue weighted by Gasteiger charge is 2.13. The monoisotopic (exact) mass is 261 g/mol. The summed E-state index contributed by atoms with van der Waals surface area (Å²) < 4.78 is 5.89. The van der Waals surface area contributed by atoms with Crippen LogP contribution in [0.4, 0.5) is 0 Å². The van der Waals surface area contributed by atoms with Gasteiger partial charge in [0.05, 0.1) is 5.75 Å². The second-order valence-corrected chi connectivity index (χ2v) is 4.43. The number of aromatic hydroxyl groups is 2. The molecule has 0 amide bonds. The van der Waals surface area contributed by atoms with Crippen LogP contribution < -0.4 is 4.84 Å². The van der Waals surface area contributed by atoms with Crippen molar-refractivity contribution in [3.8, 4) is 11.8 Å². The van der Waals surface area contributed by atoms with Gasteiger partial charge < -0.3 is 19.8 Å². The van der Waals surface area contributed by atoms with Crippen LogP contribution in [0.5, 0.6) is 11.8 Å². The number of nitrogens with zero attached hydrogens (tertiary/aromatic N) is 1. The number of carbonyl (C=O) groups is 1. The zero-order valence-electron chi connectivity index (χ0n) is 9.62. The summed E-state index contributed by atoms with van der Waals surface area (Å²) in [7, 11) is 0. The van der Waals surface area contributed by atoms with Crippen LogP contribution in [-0.4, -0.2) is 38.7 Å². The van der Waals surface area contributed by atoms with E-state index in [0.717, 1.165) is 0 Å². The van der Waals surface area contributed by atoms with Gasteiger partial charge in [0, 0.05) is 18.7 Å². The fraction of sp³-hybridized carbons (Fsp3) is 0.500. The highest BCUT2D eigenvalue weighted by atomic mass is 32.2. The lowest BCUT2D eigenvalue weighted by Crippen LogP contribution is -2.22. The molecule has 0 saturated heterocycles. The van der Waals surface area contributed by atoms with E-state index in [4.69, 9.17) is 9.57 Å². The normalized spacial score (nSPS) is 12.4. The van der Waals surface area contributed by atoms with Crippen molar-refractivity contribution in [3.63, 3.8) is 0 Å². The van der Waals surface area contributed by atoms with Gasteiger partial charge >= 0.3 is 5.97 Å². The molecule has 0 aliphatic carbocycles. The molecule has 0 saturated carbocycles. The van der Waals surface area contributed by atoms with Crippen molar-refractivity contribution in [2.45, 2.75) is 19.3 Å². The first-order valence-corrected chi connectivity index (χ1v) is 6.13. The van der Waals surface area contributed by atoms with Crippen molar-refractivity contribution < 1.29 is 24.6 Å². The molecule has 0 aliphatic rings. The van der Waals surface area contributed by atoms with Gasteiger partial charge in [-0.25, -0.2) is 4.79 Å². The molecule has 2 N–H and O–H groups in total. The molecular formula is C10H15NO5S. The minimum Gasteiger partial charge on any atom is -0.492 e. The zero-order valence-corrected chi connectivity index (χ0v) is 10.4. The van der Waals surface area contributed by atoms with Crippen molar-refractivity contribution in [3.05, 3.63) is 12.1 Å². The van der Waals surface area contributed by atoms with E-state index in [1.807, 2.05) is 13.8 Å². The predicted molar refractivity (Wildman–Crippen MR) is 62.9 cm³/mol. The smallest absolute Gasteiger partial charge is 0.343 e. The van der Waals surface area contributed by atoms with E-state index in [1.54, 1.807) is 0 Å². The van der Waals surface area contributed by atoms with Gasteiger partial charge in [0.25, 0.3) is 0 Å². The largest absolute Gasteiger partial charge is 0.492 e. The van der Waals surface area contributed by atoms with E-state index in [-0.39, 0.29) is 22.9 Å². The van der Waals surface area contributed by atoms with Crippen LogP contribution in [-0.2, 0) is 9.53 Å². The molecule has 0 fully saturated rings. The third-order valence-corrected chi connectivity index (χ3v) is 2.84. The summed E-state index contributed by atoms with van der Waals surface area (Å²) in [4.78, 5) is 16.1. The summed E-state index contributed by atoms with van der Waals surface area (Å²) in [5.74, 6) is -1.18. The van der Waals surface area contributed by atoms with Gasteiger partial charge in [-0.2, -0.15) is 0 Å². The third kappa shape index (κ3) is 4.20. The van der Waals surface area contributed by atoms with E-state index in [0.29, 0.717) is 11.3 Å². The van der Waals surface area contributed by atoms with Crippen LogP contribution >= 0.6 is 11.8 Å². The lowest BCUT2D eigenvalue weighted by atomic mass is 10.6. The molecule has 6 nitrogen and oxygen atoms in total. The summed E-state index contributed by atoms with van der Waals surface area (Å²) >= 11 is 1.27. The highest BCUT2D eigenvalue weighted by Crippen LogP contribution is 2.19. The first-order valence-electron chi connectivity index (χ1n) is 5.08. The molecule has 1 aromatic heterocycles. The molecule has 96 valence electrons. The average molecular weight is 261 g/mol. The summed E-state index contributed by atoms with van der Waals surface area (Å²) in [6.45, 7) is 4.26. The summed E-state index contributed by atoms with van der Waals surface area (Å²) in [6.07, 6.45) is 0. The Morgan fingerprint density at radius 1 is 1.47 bits per heavy atom. The molecule has 1 aromatic rings. The average Bonchev–Trinajstić information content (AvgIpc) is 2.58. The van der Waals surface area contributed by atoms with Gasteiger partial charge in [-0.05, 0) is 13.8 Å². The minimum atomic E-state index is -0.580. The van der Waals surface area contributed by atoms with Crippen molar-refractivity contribution in [2.24, 2.45) is 0 Å². The Labute approximate surface area is 103 Å². The molecular weight excluding hydrogens is 246 g/mol. The van der Waals surface area contributed by atoms with Gasteiger partial charge in [0.2, 0.25) is 11.8 Å². The van der Waals surface area contributed by atoms with E-state index in [2.05, 4.69) is 0 Å². The minimum absolute atomic E-state index is 0.0677. The van der Waals surface area contributed by atoms with Crippen LogP contribution in [0.25, 0.3) is 0 Å². The molecule has 0 aromatic carbocycles. The summed E-state index contributed by atoms with van der Waals surface area (Å²) in [5, 5.41) is 18.5. The van der Waals surface area contributed by atoms with E-state index in [1.165, 1.54) is 23.9 Å². The molecule has 0 unspecified atom stereocenters. The van der Waals surface area contributed by atoms with Gasteiger partial charge in [-0.3, -0.25) is 0 Å². The maximum atomic E-state index is 11.4. The quantitative estimate of drug-likeness (QED) is 0.743. The molecule has 0 bridgehead atoms. The van der Waals surface area contributed by atoms with Crippen molar-refractivity contribution >= 4 is 17.7 Å². The van der Waals surface area contributed by atoms with E-state index >= 15 is 0 Å². The van der Waals surface area contributed by atoms with Crippen LogP contribution in [0.3, 0.4) is 0 Å². The van der Waals surface area contributed by atoms with Crippen molar-refractivity contribution in [1.82, 2.24) is 4.73 Å². The Morgan fingerprint density at radius 3 is 2.59 bits per heavy atom. The number of rotatable bonds is 6. The number of carbonyl (C=O) groups excluding carboxylic acids is 1. The van der Waals surface area contributed by atoms with Gasteiger partial charge in [-0.15, -0.1) is 16.5 Å². The molecule has 0 aliphatic heterocycles. The Balaban J connectivity index is 2.40. The molecule has 1 heterocycles. The van der Waals surface area contributed by atoms with Gasteiger partial charge in [-0.1, -0.05) is 0 Å². The Morgan fingerprint density at radius 2 is 2.06 bits per heavy atom.